The van der Waals surface area contributed by atoms with Gasteiger partial charge in [0.25, 0.3) is 0 Å². The molecule has 7 heteroatoms. The minimum Gasteiger partial charge on any atom is -0.297 e. The Morgan fingerprint density at radius 1 is 1.40 bits per heavy atom. The van der Waals surface area contributed by atoms with E-state index in [0.717, 1.165) is 5.30 Å². The molecule has 1 saturated heterocycles. The van der Waals surface area contributed by atoms with E-state index >= 15 is 0 Å². The molecule has 0 saturated carbocycles. The van der Waals surface area contributed by atoms with Gasteiger partial charge in [0, 0.05) is 0 Å². The third kappa shape index (κ3) is 2.41. The first-order valence-corrected chi connectivity index (χ1v) is 8.77. The Kier molecular flexibility index (Phi) is 4.80. The highest BCUT2D eigenvalue weighted by Crippen LogP contribution is 2.57. The molecule has 1 aromatic carbocycles. The SMILES string of the molecule is CP(c1ccccc1)C1(C(=S)S)NCCC(F)C1(F)F. The van der Waals surface area contributed by atoms with Crippen molar-refractivity contribution in [1.29, 1.82) is 0 Å². The van der Waals surface area contributed by atoms with E-state index in [-0.39, 0.29) is 17.2 Å². The molecule has 3 atom stereocenters. The Bertz CT molecular complexity index is 500. The number of hydrogen-bond donors (Lipinski definition) is 2. The largest absolute Gasteiger partial charge is 0.306 e. The van der Waals surface area contributed by atoms with Gasteiger partial charge < -0.3 is 0 Å². The third-order valence-electron chi connectivity index (χ3n) is 3.61. The number of benzene rings is 1. The molecule has 1 nitrogen and oxygen atoms in total. The van der Waals surface area contributed by atoms with Crippen LogP contribution in [0.4, 0.5) is 13.2 Å². The summed E-state index contributed by atoms with van der Waals surface area (Å²) in [5, 5.41) is 1.62. The normalized spacial score (nSPS) is 30.8. The van der Waals surface area contributed by atoms with Crippen molar-refractivity contribution in [2.75, 3.05) is 13.2 Å². The first-order chi connectivity index (χ1) is 9.34. The van der Waals surface area contributed by atoms with E-state index in [1.165, 1.54) is 0 Å². The fourth-order valence-electron chi connectivity index (χ4n) is 2.45. The van der Waals surface area contributed by atoms with Gasteiger partial charge in [0.2, 0.25) is 0 Å². The van der Waals surface area contributed by atoms with Crippen LogP contribution < -0.4 is 10.6 Å². The van der Waals surface area contributed by atoms with Crippen LogP contribution in [0, 0.1) is 0 Å². The summed E-state index contributed by atoms with van der Waals surface area (Å²) in [5.74, 6) is -3.57. The molecule has 0 aromatic heterocycles. The van der Waals surface area contributed by atoms with Crippen molar-refractivity contribution in [2.24, 2.45) is 0 Å². The maximum atomic E-state index is 14.5. The van der Waals surface area contributed by atoms with Gasteiger partial charge in [0.1, 0.15) is 0 Å². The Labute approximate surface area is 128 Å². The molecule has 1 aliphatic heterocycles. The number of nitrogens with one attached hydrogen (secondary N) is 1. The van der Waals surface area contributed by atoms with Crippen LogP contribution in [0.3, 0.4) is 0 Å². The predicted octanol–water partition coefficient (Wildman–Crippen LogP) is 3.34. The molecule has 1 fully saturated rings. The Morgan fingerprint density at radius 3 is 2.55 bits per heavy atom. The van der Waals surface area contributed by atoms with Gasteiger partial charge in [0.15, 0.2) is 11.5 Å². The van der Waals surface area contributed by atoms with Crippen molar-refractivity contribution in [3.05, 3.63) is 30.3 Å². The first kappa shape index (κ1) is 16.2. The number of thiol groups is 1. The molecular weight excluding hydrogens is 322 g/mol. The van der Waals surface area contributed by atoms with Crippen LogP contribution in [-0.2, 0) is 0 Å². The third-order valence-corrected chi connectivity index (χ3v) is 7.34. The lowest BCUT2D eigenvalue weighted by atomic mass is 9.98. The summed E-state index contributed by atoms with van der Waals surface area (Å²) in [5.41, 5.74) is 0. The summed E-state index contributed by atoms with van der Waals surface area (Å²) >= 11 is 8.99. The summed E-state index contributed by atoms with van der Waals surface area (Å²) in [6, 6.07) is 8.88. The van der Waals surface area contributed by atoms with Gasteiger partial charge in [0.05, 0.1) is 4.20 Å². The second-order valence-corrected chi connectivity index (χ2v) is 8.18. The standard InChI is InChI=1S/C13H15F3NPS2/c1-18(9-5-3-2-4-6-9)13(11(19)20)12(15,16)10(14)7-8-17-13/h2-6,10,17H,7-8H2,1H3,(H,19,20). The summed E-state index contributed by atoms with van der Waals surface area (Å²) < 4.78 is 42.7. The van der Waals surface area contributed by atoms with E-state index in [4.69, 9.17) is 12.2 Å². The Morgan fingerprint density at radius 2 is 2.00 bits per heavy atom. The van der Waals surface area contributed by atoms with Crippen molar-refractivity contribution >= 4 is 42.3 Å². The van der Waals surface area contributed by atoms with Crippen LogP contribution in [0.5, 0.6) is 0 Å². The molecule has 0 amide bonds. The van der Waals surface area contributed by atoms with Gasteiger partial charge in [-0.1, -0.05) is 42.5 Å². The maximum Gasteiger partial charge on any atom is 0.306 e. The monoisotopic (exact) mass is 337 g/mol. The zero-order valence-electron chi connectivity index (χ0n) is 10.8. The van der Waals surface area contributed by atoms with Crippen LogP contribution >= 0.6 is 32.8 Å². The second-order valence-electron chi connectivity index (χ2n) is 4.72. The number of halogens is 3. The minimum absolute atomic E-state index is 0.164. The lowest BCUT2D eigenvalue weighted by Gasteiger charge is -2.49. The lowest BCUT2D eigenvalue weighted by molar-refractivity contribution is -0.111. The first-order valence-electron chi connectivity index (χ1n) is 6.13. The zero-order chi connectivity index (χ0) is 15.0. The van der Waals surface area contributed by atoms with Crippen LogP contribution in [0.2, 0.25) is 0 Å². The number of piperidine rings is 1. The molecule has 0 aliphatic carbocycles. The van der Waals surface area contributed by atoms with E-state index in [1.807, 2.05) is 6.07 Å². The molecule has 1 N–H and O–H groups in total. The molecule has 110 valence electrons. The molecule has 3 unspecified atom stereocenters. The topological polar surface area (TPSA) is 12.0 Å². The van der Waals surface area contributed by atoms with Gasteiger partial charge in [-0.05, 0) is 32.9 Å². The molecular formula is C13H15F3NPS2. The minimum atomic E-state index is -3.57. The van der Waals surface area contributed by atoms with E-state index in [2.05, 4.69) is 17.9 Å². The van der Waals surface area contributed by atoms with E-state index in [0.29, 0.717) is 0 Å². The molecule has 1 aromatic rings. The van der Waals surface area contributed by atoms with Gasteiger partial charge in [-0.15, -0.1) is 12.6 Å². The van der Waals surface area contributed by atoms with E-state index < -0.39 is 25.3 Å². The molecule has 2 rings (SSSR count). The number of thiocarbonyl (C=S) groups is 1. The van der Waals surface area contributed by atoms with Crippen LogP contribution in [-0.4, -0.2) is 34.8 Å². The highest BCUT2D eigenvalue weighted by atomic mass is 32.1. The summed E-state index contributed by atoms with van der Waals surface area (Å²) in [6.45, 7) is 1.85. The smallest absolute Gasteiger partial charge is 0.297 e. The second kappa shape index (κ2) is 5.91. The number of rotatable bonds is 3. The number of hydrogen-bond acceptors (Lipinski definition) is 2. The van der Waals surface area contributed by atoms with Crippen LogP contribution in [0.1, 0.15) is 6.42 Å². The highest BCUT2D eigenvalue weighted by molar-refractivity contribution is 8.12. The van der Waals surface area contributed by atoms with Crippen molar-refractivity contribution < 1.29 is 13.2 Å². The Balaban J connectivity index is 2.52. The maximum absolute atomic E-state index is 14.5. The van der Waals surface area contributed by atoms with Gasteiger partial charge >= 0.3 is 5.92 Å². The molecule has 20 heavy (non-hydrogen) atoms. The highest BCUT2D eigenvalue weighted by Gasteiger charge is 2.65. The quantitative estimate of drug-likeness (QED) is 0.498. The van der Waals surface area contributed by atoms with Crippen LogP contribution in [0.25, 0.3) is 0 Å². The predicted molar refractivity (Wildman–Crippen MR) is 85.7 cm³/mol. The summed E-state index contributed by atoms with van der Waals surface area (Å²) in [7, 11) is -1.45. The molecule has 1 heterocycles. The fourth-order valence-corrected chi connectivity index (χ4v) is 5.98. The van der Waals surface area contributed by atoms with Crippen molar-refractivity contribution in [3.8, 4) is 0 Å². The molecule has 1 aliphatic rings. The zero-order valence-corrected chi connectivity index (χ0v) is 13.4. The summed E-state index contributed by atoms with van der Waals surface area (Å²) in [4.78, 5) is 0. The van der Waals surface area contributed by atoms with E-state index in [9.17, 15) is 13.2 Å². The van der Waals surface area contributed by atoms with Gasteiger partial charge in [-0.25, -0.2) is 13.2 Å². The van der Waals surface area contributed by atoms with Crippen molar-refractivity contribution in [3.63, 3.8) is 0 Å². The van der Waals surface area contributed by atoms with Gasteiger partial charge in [-0.2, -0.15) is 0 Å². The van der Waals surface area contributed by atoms with E-state index in [1.54, 1.807) is 30.9 Å². The Hall–Kier alpha value is -0.160. The lowest BCUT2D eigenvalue weighted by Crippen LogP contribution is -2.68. The van der Waals surface area contributed by atoms with Gasteiger partial charge in [-0.3, -0.25) is 5.32 Å². The van der Waals surface area contributed by atoms with Crippen molar-refractivity contribution in [1.82, 2.24) is 5.32 Å². The fraction of sp³-hybridized carbons (Fsp3) is 0.462. The average molecular weight is 337 g/mol. The van der Waals surface area contributed by atoms with Crippen LogP contribution in [0.15, 0.2) is 30.3 Å². The van der Waals surface area contributed by atoms with Crippen molar-refractivity contribution in [2.45, 2.75) is 23.8 Å². The molecule has 0 spiro atoms. The number of alkyl halides is 3. The molecule has 0 radical (unpaired) electrons. The molecule has 0 bridgehead atoms. The average Bonchev–Trinajstić information content (AvgIpc) is 2.42. The summed E-state index contributed by atoms with van der Waals surface area (Å²) in [6.07, 6.45) is -2.43.